The van der Waals surface area contributed by atoms with E-state index in [1.165, 1.54) is 0 Å². The zero-order valence-electron chi connectivity index (χ0n) is 13.3. The lowest BCUT2D eigenvalue weighted by atomic mass is 9.99. The minimum absolute atomic E-state index is 0.361. The van der Waals surface area contributed by atoms with E-state index >= 15 is 0 Å². The monoisotopic (exact) mass is 308 g/mol. The predicted octanol–water partition coefficient (Wildman–Crippen LogP) is 1.59. The van der Waals surface area contributed by atoms with Gasteiger partial charge < -0.3 is 24.8 Å². The molecular weight excluding hydrogens is 284 g/mol. The molecule has 1 aliphatic rings. The van der Waals surface area contributed by atoms with Gasteiger partial charge in [-0.25, -0.2) is 0 Å². The first kappa shape index (κ1) is 16.4. The quantitative estimate of drug-likeness (QED) is 0.797. The van der Waals surface area contributed by atoms with E-state index in [9.17, 15) is 4.79 Å². The SMILES string of the molecule is CNC(CC1CCN(c2ccc(OC)cc2OC)C1)C(=O)O. The van der Waals surface area contributed by atoms with Gasteiger partial charge in [-0.3, -0.25) is 4.79 Å². The normalized spacial score (nSPS) is 19.0. The van der Waals surface area contributed by atoms with Crippen LogP contribution in [0.4, 0.5) is 5.69 Å². The number of carboxylic acid groups (broad SMARTS) is 1. The van der Waals surface area contributed by atoms with Gasteiger partial charge >= 0.3 is 5.97 Å². The molecular formula is C16H24N2O4. The Morgan fingerprint density at radius 1 is 1.45 bits per heavy atom. The van der Waals surface area contributed by atoms with Crippen molar-refractivity contribution >= 4 is 11.7 Å². The number of hydrogen-bond donors (Lipinski definition) is 2. The fourth-order valence-electron chi connectivity index (χ4n) is 2.97. The number of rotatable bonds is 7. The Morgan fingerprint density at radius 2 is 2.23 bits per heavy atom. The lowest BCUT2D eigenvalue weighted by Gasteiger charge is -2.22. The third kappa shape index (κ3) is 3.62. The van der Waals surface area contributed by atoms with E-state index in [0.717, 1.165) is 36.7 Å². The Labute approximate surface area is 131 Å². The van der Waals surface area contributed by atoms with Crippen LogP contribution in [0.1, 0.15) is 12.8 Å². The summed E-state index contributed by atoms with van der Waals surface area (Å²) in [5.74, 6) is 1.12. The summed E-state index contributed by atoms with van der Waals surface area (Å²) in [5, 5.41) is 12.0. The van der Waals surface area contributed by atoms with E-state index in [1.54, 1.807) is 21.3 Å². The number of hydrogen-bond acceptors (Lipinski definition) is 5. The first-order valence-corrected chi connectivity index (χ1v) is 7.46. The third-order valence-electron chi connectivity index (χ3n) is 4.23. The number of methoxy groups -OCH3 is 2. The van der Waals surface area contributed by atoms with Crippen molar-refractivity contribution in [1.82, 2.24) is 5.32 Å². The summed E-state index contributed by atoms with van der Waals surface area (Å²) in [7, 11) is 4.97. The number of likely N-dealkylation sites (N-methyl/N-ethyl adjacent to an activating group) is 1. The van der Waals surface area contributed by atoms with Crippen molar-refractivity contribution in [2.24, 2.45) is 5.92 Å². The van der Waals surface area contributed by atoms with Crippen molar-refractivity contribution in [2.75, 3.05) is 39.3 Å². The lowest BCUT2D eigenvalue weighted by molar-refractivity contribution is -0.139. The minimum Gasteiger partial charge on any atom is -0.497 e. The van der Waals surface area contributed by atoms with Crippen LogP contribution in [0.5, 0.6) is 11.5 Å². The van der Waals surface area contributed by atoms with Crippen molar-refractivity contribution in [3.05, 3.63) is 18.2 Å². The maximum Gasteiger partial charge on any atom is 0.320 e. The average molecular weight is 308 g/mol. The van der Waals surface area contributed by atoms with Gasteiger partial charge in [0.25, 0.3) is 0 Å². The highest BCUT2D eigenvalue weighted by Gasteiger charge is 2.28. The van der Waals surface area contributed by atoms with Crippen LogP contribution in [0, 0.1) is 5.92 Å². The number of carbonyl (C=O) groups is 1. The summed E-state index contributed by atoms with van der Waals surface area (Å²) in [4.78, 5) is 13.4. The Balaban J connectivity index is 2.05. The van der Waals surface area contributed by atoms with Crippen LogP contribution in [-0.4, -0.2) is 51.5 Å². The molecule has 6 nitrogen and oxygen atoms in total. The molecule has 2 N–H and O–H groups in total. The molecule has 2 atom stereocenters. The summed E-state index contributed by atoms with van der Waals surface area (Å²) in [6.45, 7) is 1.75. The number of anilines is 1. The van der Waals surface area contributed by atoms with Crippen LogP contribution in [0.3, 0.4) is 0 Å². The Bertz CT molecular complexity index is 521. The first-order valence-electron chi connectivity index (χ1n) is 7.46. The van der Waals surface area contributed by atoms with Gasteiger partial charge in [0.05, 0.1) is 19.9 Å². The summed E-state index contributed by atoms with van der Waals surface area (Å²) in [6, 6.07) is 5.30. The maximum atomic E-state index is 11.1. The van der Waals surface area contributed by atoms with Crippen LogP contribution < -0.4 is 19.7 Å². The topological polar surface area (TPSA) is 71.0 Å². The largest absolute Gasteiger partial charge is 0.497 e. The maximum absolute atomic E-state index is 11.1. The standard InChI is InChI=1S/C16H24N2O4/c1-17-13(16(19)20)8-11-6-7-18(10-11)14-5-4-12(21-2)9-15(14)22-3/h4-5,9,11,13,17H,6-8,10H2,1-3H3,(H,19,20). The van der Waals surface area contributed by atoms with Crippen molar-refractivity contribution < 1.29 is 19.4 Å². The highest BCUT2D eigenvalue weighted by atomic mass is 16.5. The molecule has 2 unspecified atom stereocenters. The van der Waals surface area contributed by atoms with E-state index in [2.05, 4.69) is 10.2 Å². The molecule has 1 aromatic rings. The summed E-state index contributed by atoms with van der Waals surface area (Å²) in [5.41, 5.74) is 1.03. The average Bonchev–Trinajstić information content (AvgIpc) is 2.99. The Kier molecular flexibility index (Phi) is 5.49. The van der Waals surface area contributed by atoms with E-state index in [4.69, 9.17) is 14.6 Å². The van der Waals surface area contributed by atoms with Crippen LogP contribution >= 0.6 is 0 Å². The molecule has 0 spiro atoms. The molecule has 0 aliphatic carbocycles. The molecule has 6 heteroatoms. The zero-order chi connectivity index (χ0) is 16.1. The first-order chi connectivity index (χ1) is 10.6. The van der Waals surface area contributed by atoms with Gasteiger partial charge in [-0.2, -0.15) is 0 Å². The number of carboxylic acids is 1. The van der Waals surface area contributed by atoms with Gasteiger partial charge in [0.1, 0.15) is 17.5 Å². The summed E-state index contributed by atoms with van der Waals surface area (Å²) in [6.07, 6.45) is 1.63. The molecule has 0 saturated carbocycles. The van der Waals surface area contributed by atoms with E-state index < -0.39 is 12.0 Å². The summed E-state index contributed by atoms with van der Waals surface area (Å²) < 4.78 is 10.7. The third-order valence-corrected chi connectivity index (χ3v) is 4.23. The molecule has 122 valence electrons. The molecule has 0 bridgehead atoms. The van der Waals surface area contributed by atoms with Gasteiger partial charge in [0, 0.05) is 19.2 Å². The molecule has 1 fully saturated rings. The van der Waals surface area contributed by atoms with Crippen molar-refractivity contribution in [3.8, 4) is 11.5 Å². The number of benzene rings is 1. The van der Waals surface area contributed by atoms with Crippen LogP contribution in [0.15, 0.2) is 18.2 Å². The molecule has 0 radical (unpaired) electrons. The second-order valence-electron chi connectivity index (χ2n) is 5.55. The fraction of sp³-hybridized carbons (Fsp3) is 0.562. The summed E-state index contributed by atoms with van der Waals surface area (Å²) >= 11 is 0. The molecule has 1 heterocycles. The lowest BCUT2D eigenvalue weighted by Crippen LogP contribution is -2.36. The highest BCUT2D eigenvalue weighted by molar-refractivity contribution is 5.73. The van der Waals surface area contributed by atoms with Crippen LogP contribution in [0.25, 0.3) is 0 Å². The van der Waals surface area contributed by atoms with Gasteiger partial charge in [-0.1, -0.05) is 0 Å². The van der Waals surface area contributed by atoms with Crippen LogP contribution in [-0.2, 0) is 4.79 Å². The number of nitrogens with zero attached hydrogens (tertiary/aromatic N) is 1. The second-order valence-corrected chi connectivity index (χ2v) is 5.55. The van der Waals surface area contributed by atoms with Crippen molar-refractivity contribution in [2.45, 2.75) is 18.9 Å². The smallest absolute Gasteiger partial charge is 0.320 e. The van der Waals surface area contributed by atoms with E-state index in [0.29, 0.717) is 12.3 Å². The van der Waals surface area contributed by atoms with Gasteiger partial charge in [-0.15, -0.1) is 0 Å². The molecule has 0 aromatic heterocycles. The second kappa shape index (κ2) is 7.35. The predicted molar refractivity (Wildman–Crippen MR) is 85.0 cm³/mol. The molecule has 22 heavy (non-hydrogen) atoms. The Morgan fingerprint density at radius 3 is 2.82 bits per heavy atom. The van der Waals surface area contributed by atoms with E-state index in [-0.39, 0.29) is 0 Å². The van der Waals surface area contributed by atoms with E-state index in [1.807, 2.05) is 18.2 Å². The fourth-order valence-corrected chi connectivity index (χ4v) is 2.97. The number of ether oxygens (including phenoxy) is 2. The van der Waals surface area contributed by atoms with Crippen molar-refractivity contribution in [1.29, 1.82) is 0 Å². The minimum atomic E-state index is -0.789. The van der Waals surface area contributed by atoms with Crippen molar-refractivity contribution in [3.63, 3.8) is 0 Å². The van der Waals surface area contributed by atoms with Crippen LogP contribution in [0.2, 0.25) is 0 Å². The molecule has 1 aliphatic heterocycles. The zero-order valence-corrected chi connectivity index (χ0v) is 13.3. The van der Waals surface area contributed by atoms with Gasteiger partial charge in [0.2, 0.25) is 0 Å². The molecule has 1 aromatic carbocycles. The van der Waals surface area contributed by atoms with Gasteiger partial charge in [0.15, 0.2) is 0 Å². The highest BCUT2D eigenvalue weighted by Crippen LogP contribution is 2.35. The molecule has 2 rings (SSSR count). The number of aliphatic carboxylic acids is 1. The number of nitrogens with one attached hydrogen (secondary N) is 1. The Hall–Kier alpha value is -1.95. The molecule has 0 amide bonds. The molecule has 1 saturated heterocycles. The van der Waals surface area contributed by atoms with Gasteiger partial charge in [-0.05, 0) is 37.9 Å².